The summed E-state index contributed by atoms with van der Waals surface area (Å²) in [5.41, 5.74) is 1.75. The van der Waals surface area contributed by atoms with Crippen molar-refractivity contribution in [2.75, 3.05) is 19.0 Å². The third-order valence-electron chi connectivity index (χ3n) is 2.97. The summed E-state index contributed by atoms with van der Waals surface area (Å²) in [6.07, 6.45) is 0. The first-order valence-corrected chi connectivity index (χ1v) is 7.34. The minimum absolute atomic E-state index is 0.231. The van der Waals surface area contributed by atoms with Crippen LogP contribution in [0.4, 0.5) is 5.13 Å². The molecule has 0 saturated heterocycles. The van der Waals surface area contributed by atoms with Gasteiger partial charge in [-0.2, -0.15) is 0 Å². The molecule has 0 bridgehead atoms. The predicted molar refractivity (Wildman–Crippen MR) is 82.3 cm³/mol. The van der Waals surface area contributed by atoms with Gasteiger partial charge in [0.2, 0.25) is 0 Å². The first-order valence-electron chi connectivity index (χ1n) is 6.46. The number of rotatable bonds is 5. The summed E-state index contributed by atoms with van der Waals surface area (Å²) in [7, 11) is 1.69. The van der Waals surface area contributed by atoms with Crippen LogP contribution in [0, 0.1) is 0 Å². The fourth-order valence-electron chi connectivity index (χ4n) is 2.06. The Morgan fingerprint density at radius 1 is 1.40 bits per heavy atom. The van der Waals surface area contributed by atoms with Crippen molar-refractivity contribution in [1.82, 2.24) is 4.98 Å². The summed E-state index contributed by atoms with van der Waals surface area (Å²) in [6.45, 7) is 2.71. The number of aromatic nitrogens is 1. The van der Waals surface area contributed by atoms with Gasteiger partial charge in [0.25, 0.3) is 0 Å². The average Bonchev–Trinajstić information content (AvgIpc) is 3.04. The van der Waals surface area contributed by atoms with Crippen LogP contribution in [0.15, 0.2) is 40.1 Å². The molecule has 0 saturated carbocycles. The molecular formula is C15H16N2O2S. The molecule has 20 heavy (non-hydrogen) atoms. The van der Waals surface area contributed by atoms with E-state index in [2.05, 4.69) is 17.2 Å². The largest absolute Gasteiger partial charge is 0.454 e. The van der Waals surface area contributed by atoms with E-state index in [1.807, 2.05) is 35.7 Å². The molecule has 3 rings (SSSR count). The van der Waals surface area contributed by atoms with Crippen molar-refractivity contribution in [1.29, 1.82) is 0 Å². The fourth-order valence-corrected chi connectivity index (χ4v) is 2.88. The van der Waals surface area contributed by atoms with Crippen molar-refractivity contribution in [2.24, 2.45) is 0 Å². The summed E-state index contributed by atoms with van der Waals surface area (Å²) < 4.78 is 10.9. The summed E-state index contributed by atoms with van der Waals surface area (Å²) in [5, 5.41) is 7.28. The second kappa shape index (κ2) is 5.64. The van der Waals surface area contributed by atoms with Crippen LogP contribution in [-0.4, -0.2) is 24.7 Å². The number of furan rings is 1. The van der Waals surface area contributed by atoms with E-state index < -0.39 is 0 Å². The Labute approximate surface area is 121 Å². The number of hydrogen-bond donors (Lipinski definition) is 1. The smallest absolute Gasteiger partial charge is 0.183 e. The number of benzene rings is 1. The van der Waals surface area contributed by atoms with Crippen LogP contribution in [0.3, 0.4) is 0 Å². The van der Waals surface area contributed by atoms with Crippen molar-refractivity contribution >= 4 is 27.4 Å². The minimum atomic E-state index is 0.231. The second-order valence-corrected chi connectivity index (χ2v) is 5.55. The number of para-hydroxylation sites is 1. The summed E-state index contributed by atoms with van der Waals surface area (Å²) in [6, 6.07) is 10.2. The van der Waals surface area contributed by atoms with Gasteiger partial charge >= 0.3 is 0 Å². The lowest BCUT2D eigenvalue weighted by molar-refractivity contribution is 0.190. The topological polar surface area (TPSA) is 47.3 Å². The van der Waals surface area contributed by atoms with Gasteiger partial charge in [0.1, 0.15) is 11.3 Å². The number of nitrogens with one attached hydrogen (secondary N) is 1. The van der Waals surface area contributed by atoms with Crippen molar-refractivity contribution in [3.63, 3.8) is 0 Å². The van der Waals surface area contributed by atoms with Crippen LogP contribution in [0.25, 0.3) is 22.4 Å². The molecular weight excluding hydrogens is 272 g/mol. The number of ether oxygens (including phenoxy) is 1. The van der Waals surface area contributed by atoms with Gasteiger partial charge < -0.3 is 14.5 Å². The van der Waals surface area contributed by atoms with Gasteiger partial charge in [-0.25, -0.2) is 4.98 Å². The Morgan fingerprint density at radius 2 is 2.25 bits per heavy atom. The molecule has 0 aliphatic carbocycles. The molecule has 1 aromatic carbocycles. The van der Waals surface area contributed by atoms with Crippen molar-refractivity contribution in [3.8, 4) is 11.5 Å². The van der Waals surface area contributed by atoms with E-state index in [0.29, 0.717) is 6.61 Å². The number of nitrogens with zero attached hydrogens (tertiary/aromatic N) is 1. The molecule has 1 atom stereocenters. The van der Waals surface area contributed by atoms with Crippen molar-refractivity contribution in [3.05, 3.63) is 35.7 Å². The lowest BCUT2D eigenvalue weighted by Gasteiger charge is -2.10. The Hall–Kier alpha value is -1.85. The molecule has 2 aromatic heterocycles. The predicted octanol–water partition coefficient (Wildman–Crippen LogP) is 4.00. The van der Waals surface area contributed by atoms with Crippen LogP contribution in [0.5, 0.6) is 0 Å². The molecule has 1 N–H and O–H groups in total. The average molecular weight is 288 g/mol. The monoisotopic (exact) mass is 288 g/mol. The Balaban J connectivity index is 1.82. The highest BCUT2D eigenvalue weighted by molar-refractivity contribution is 7.14. The highest BCUT2D eigenvalue weighted by atomic mass is 32.1. The molecule has 0 aliphatic heterocycles. The Kier molecular flexibility index (Phi) is 3.71. The number of anilines is 1. The van der Waals surface area contributed by atoms with Crippen molar-refractivity contribution in [2.45, 2.75) is 13.0 Å². The maximum absolute atomic E-state index is 5.81. The Morgan fingerprint density at radius 3 is 3.05 bits per heavy atom. The maximum atomic E-state index is 5.81. The summed E-state index contributed by atoms with van der Waals surface area (Å²) in [5.74, 6) is 0.801. The highest BCUT2D eigenvalue weighted by Gasteiger charge is 2.11. The van der Waals surface area contributed by atoms with Crippen LogP contribution < -0.4 is 5.32 Å². The van der Waals surface area contributed by atoms with Gasteiger partial charge in [0.15, 0.2) is 10.9 Å². The molecule has 2 heterocycles. The van der Waals surface area contributed by atoms with Crippen LogP contribution in [-0.2, 0) is 4.74 Å². The number of methoxy groups -OCH3 is 1. The zero-order valence-electron chi connectivity index (χ0n) is 11.4. The normalized spacial score (nSPS) is 12.7. The SMILES string of the molecule is COC[C@H](C)Nc1nc(-c2cc3ccccc3o2)cs1. The molecule has 3 aromatic rings. The van der Waals surface area contributed by atoms with E-state index in [-0.39, 0.29) is 6.04 Å². The van der Waals surface area contributed by atoms with Gasteiger partial charge in [-0.3, -0.25) is 0 Å². The fraction of sp³-hybridized carbons (Fsp3) is 0.267. The van der Waals surface area contributed by atoms with E-state index >= 15 is 0 Å². The van der Waals surface area contributed by atoms with Gasteiger partial charge in [-0.1, -0.05) is 18.2 Å². The number of fused-ring (bicyclic) bond motifs is 1. The summed E-state index contributed by atoms with van der Waals surface area (Å²) in [4.78, 5) is 4.56. The maximum Gasteiger partial charge on any atom is 0.183 e. The third-order valence-corrected chi connectivity index (χ3v) is 3.74. The highest BCUT2D eigenvalue weighted by Crippen LogP contribution is 2.30. The zero-order valence-corrected chi connectivity index (χ0v) is 12.2. The molecule has 4 nitrogen and oxygen atoms in total. The molecule has 0 amide bonds. The quantitative estimate of drug-likeness (QED) is 0.770. The van der Waals surface area contributed by atoms with Crippen LogP contribution >= 0.6 is 11.3 Å². The van der Waals surface area contributed by atoms with Gasteiger partial charge in [-0.15, -0.1) is 11.3 Å². The number of thiazole rings is 1. The van der Waals surface area contributed by atoms with Gasteiger partial charge in [0, 0.05) is 23.9 Å². The first kappa shape index (κ1) is 13.1. The zero-order chi connectivity index (χ0) is 13.9. The van der Waals surface area contributed by atoms with Gasteiger partial charge in [-0.05, 0) is 19.1 Å². The molecule has 104 valence electrons. The van der Waals surface area contributed by atoms with Crippen LogP contribution in [0.2, 0.25) is 0 Å². The second-order valence-electron chi connectivity index (χ2n) is 4.69. The minimum Gasteiger partial charge on any atom is -0.454 e. The van der Waals surface area contributed by atoms with E-state index in [1.165, 1.54) is 0 Å². The summed E-state index contributed by atoms with van der Waals surface area (Å²) >= 11 is 1.57. The first-order chi connectivity index (χ1) is 9.76. The van der Waals surface area contributed by atoms with E-state index in [4.69, 9.17) is 9.15 Å². The lowest BCUT2D eigenvalue weighted by Crippen LogP contribution is -2.20. The molecule has 0 spiro atoms. The third kappa shape index (κ3) is 2.69. The molecule has 0 unspecified atom stereocenters. The Bertz CT molecular complexity index is 672. The van der Waals surface area contributed by atoms with E-state index in [9.17, 15) is 0 Å². The molecule has 0 radical (unpaired) electrons. The van der Waals surface area contributed by atoms with Gasteiger partial charge in [0.05, 0.1) is 6.61 Å². The molecule has 5 heteroatoms. The molecule has 0 aliphatic rings. The van der Waals surface area contributed by atoms with E-state index in [1.54, 1.807) is 18.4 Å². The van der Waals surface area contributed by atoms with Crippen LogP contribution in [0.1, 0.15) is 6.92 Å². The van der Waals surface area contributed by atoms with E-state index in [0.717, 1.165) is 27.6 Å². The lowest BCUT2D eigenvalue weighted by atomic mass is 10.2. The number of hydrogen-bond acceptors (Lipinski definition) is 5. The van der Waals surface area contributed by atoms with Crippen molar-refractivity contribution < 1.29 is 9.15 Å². The standard InChI is InChI=1S/C15H16N2O2S/c1-10(8-18-2)16-15-17-12(9-20-15)14-7-11-5-3-4-6-13(11)19-14/h3-7,9-10H,8H2,1-2H3,(H,16,17)/t10-/m0/s1. The molecule has 0 fully saturated rings.